The van der Waals surface area contributed by atoms with Crippen molar-refractivity contribution in [3.63, 3.8) is 0 Å². The Kier molecular flexibility index (Phi) is 5.81. The number of aryl methyl sites for hydroxylation is 3. The molecule has 0 saturated heterocycles. The molecule has 5 aromatic rings. The van der Waals surface area contributed by atoms with Gasteiger partial charge in [0, 0.05) is 25.8 Å². The first-order chi connectivity index (χ1) is 15.5. The van der Waals surface area contributed by atoms with Crippen LogP contribution in [0.1, 0.15) is 16.7 Å². The number of H-pyrrole nitrogens is 1. The fourth-order valence-electron chi connectivity index (χ4n) is 3.68. The van der Waals surface area contributed by atoms with Crippen LogP contribution < -0.4 is 0 Å². The van der Waals surface area contributed by atoms with Gasteiger partial charge in [0.05, 0.1) is 0 Å². The van der Waals surface area contributed by atoms with Crippen LogP contribution in [0.3, 0.4) is 0 Å². The van der Waals surface area contributed by atoms with E-state index in [0.29, 0.717) is 0 Å². The van der Waals surface area contributed by atoms with E-state index in [1.165, 1.54) is 36.9 Å². The second-order valence-electron chi connectivity index (χ2n) is 8.11. The molecule has 2 nitrogen and oxygen atoms in total. The summed E-state index contributed by atoms with van der Waals surface area (Å²) in [6.07, 6.45) is 0. The van der Waals surface area contributed by atoms with Crippen LogP contribution in [0.15, 0.2) is 105 Å². The standard InChI is InChI=1S/C28H24N2S2/c1-18-10-12-21(13-11-18)25-16-24-26(31-22-8-4-6-19(2)14-22)17-27(30-28(24)29-25)32-23-9-5-7-20(3)15-23/h4-17H,1-3H3,(H,29,30). The first kappa shape index (κ1) is 20.9. The second-order valence-corrected chi connectivity index (χ2v) is 10.3. The Balaban J connectivity index is 1.60. The predicted octanol–water partition coefficient (Wildman–Crippen LogP) is 8.46. The van der Waals surface area contributed by atoms with Gasteiger partial charge in [0.2, 0.25) is 0 Å². The SMILES string of the molecule is Cc1ccc(-c2cc3c(Sc4cccc(C)c4)cc(Sc4cccc(C)c4)nc3[nH]2)cc1. The minimum absolute atomic E-state index is 0.924. The van der Waals surface area contributed by atoms with Crippen LogP contribution in [-0.4, -0.2) is 9.97 Å². The molecule has 0 unspecified atom stereocenters. The lowest BCUT2D eigenvalue weighted by atomic mass is 10.1. The molecule has 3 aromatic carbocycles. The van der Waals surface area contributed by atoms with Crippen LogP contribution in [0.25, 0.3) is 22.3 Å². The molecule has 0 aliphatic carbocycles. The maximum Gasteiger partial charge on any atom is 0.140 e. The largest absolute Gasteiger partial charge is 0.339 e. The highest BCUT2D eigenvalue weighted by atomic mass is 32.2. The maximum absolute atomic E-state index is 4.98. The van der Waals surface area contributed by atoms with E-state index in [2.05, 4.69) is 111 Å². The fourth-order valence-corrected chi connectivity index (χ4v) is 5.79. The third-order valence-electron chi connectivity index (χ3n) is 5.33. The number of hydrogen-bond acceptors (Lipinski definition) is 3. The van der Waals surface area contributed by atoms with Gasteiger partial charge in [-0.2, -0.15) is 0 Å². The first-order valence-electron chi connectivity index (χ1n) is 10.6. The van der Waals surface area contributed by atoms with E-state index in [0.717, 1.165) is 21.8 Å². The van der Waals surface area contributed by atoms with Crippen LogP contribution >= 0.6 is 23.5 Å². The maximum atomic E-state index is 4.98. The summed E-state index contributed by atoms with van der Waals surface area (Å²) < 4.78 is 0. The summed E-state index contributed by atoms with van der Waals surface area (Å²) in [7, 11) is 0. The summed E-state index contributed by atoms with van der Waals surface area (Å²) in [6, 6.07) is 30.3. The van der Waals surface area contributed by atoms with Gasteiger partial charge >= 0.3 is 0 Å². The summed E-state index contributed by atoms with van der Waals surface area (Å²) in [4.78, 5) is 12.2. The lowest BCUT2D eigenvalue weighted by Gasteiger charge is -2.08. The van der Waals surface area contributed by atoms with Crippen molar-refractivity contribution in [2.24, 2.45) is 0 Å². The minimum Gasteiger partial charge on any atom is -0.339 e. The number of nitrogens with zero attached hydrogens (tertiary/aromatic N) is 1. The van der Waals surface area contributed by atoms with Gasteiger partial charge in [0.1, 0.15) is 10.7 Å². The summed E-state index contributed by atoms with van der Waals surface area (Å²) >= 11 is 3.50. The molecule has 0 atom stereocenters. The van der Waals surface area contributed by atoms with E-state index < -0.39 is 0 Å². The molecule has 5 rings (SSSR count). The van der Waals surface area contributed by atoms with Crippen LogP contribution in [0, 0.1) is 20.8 Å². The molecule has 0 aliphatic heterocycles. The lowest BCUT2D eigenvalue weighted by molar-refractivity contribution is 1.13. The Labute approximate surface area is 197 Å². The topological polar surface area (TPSA) is 28.7 Å². The molecule has 1 N–H and O–H groups in total. The third-order valence-corrected chi connectivity index (χ3v) is 7.29. The van der Waals surface area contributed by atoms with Crippen LogP contribution in [0.2, 0.25) is 0 Å². The van der Waals surface area contributed by atoms with Crippen molar-refractivity contribution in [2.45, 2.75) is 40.5 Å². The van der Waals surface area contributed by atoms with Crippen molar-refractivity contribution in [3.8, 4) is 11.3 Å². The molecule has 32 heavy (non-hydrogen) atoms. The zero-order chi connectivity index (χ0) is 22.1. The Hall–Kier alpha value is -2.95. The van der Waals surface area contributed by atoms with Gasteiger partial charge in [0.25, 0.3) is 0 Å². The number of rotatable bonds is 5. The van der Waals surface area contributed by atoms with E-state index in [1.807, 2.05) is 0 Å². The van der Waals surface area contributed by atoms with Crippen molar-refractivity contribution >= 4 is 34.6 Å². The second kappa shape index (κ2) is 8.89. The molecule has 0 aliphatic rings. The smallest absolute Gasteiger partial charge is 0.140 e. The van der Waals surface area contributed by atoms with E-state index in [4.69, 9.17) is 4.98 Å². The molecular weight excluding hydrogens is 428 g/mol. The highest BCUT2D eigenvalue weighted by Gasteiger charge is 2.13. The van der Waals surface area contributed by atoms with E-state index in [9.17, 15) is 0 Å². The Morgan fingerprint density at radius 2 is 1.31 bits per heavy atom. The zero-order valence-electron chi connectivity index (χ0n) is 18.3. The van der Waals surface area contributed by atoms with Crippen molar-refractivity contribution in [3.05, 3.63) is 102 Å². The number of hydrogen-bond donors (Lipinski definition) is 1. The van der Waals surface area contributed by atoms with Crippen molar-refractivity contribution < 1.29 is 0 Å². The van der Waals surface area contributed by atoms with Crippen LogP contribution in [0.5, 0.6) is 0 Å². The zero-order valence-corrected chi connectivity index (χ0v) is 20.0. The molecule has 0 amide bonds. The first-order valence-corrected chi connectivity index (χ1v) is 12.3. The van der Waals surface area contributed by atoms with E-state index in [-0.39, 0.29) is 0 Å². The Bertz CT molecular complexity index is 1400. The van der Waals surface area contributed by atoms with Crippen molar-refractivity contribution in [1.29, 1.82) is 0 Å². The number of nitrogens with one attached hydrogen (secondary N) is 1. The number of pyridine rings is 1. The number of aromatic amines is 1. The highest BCUT2D eigenvalue weighted by Crippen LogP contribution is 2.39. The molecule has 0 saturated carbocycles. The van der Waals surface area contributed by atoms with Gasteiger partial charge < -0.3 is 4.98 Å². The molecule has 2 heterocycles. The predicted molar refractivity (Wildman–Crippen MR) is 137 cm³/mol. The summed E-state index contributed by atoms with van der Waals surface area (Å²) in [5, 5.41) is 2.15. The van der Waals surface area contributed by atoms with Crippen molar-refractivity contribution in [2.75, 3.05) is 0 Å². The lowest BCUT2D eigenvalue weighted by Crippen LogP contribution is -1.86. The molecule has 0 spiro atoms. The Morgan fingerprint density at radius 3 is 1.97 bits per heavy atom. The fraction of sp³-hybridized carbons (Fsp3) is 0.107. The molecule has 0 fully saturated rings. The average Bonchev–Trinajstić information content (AvgIpc) is 3.19. The van der Waals surface area contributed by atoms with Crippen molar-refractivity contribution in [1.82, 2.24) is 9.97 Å². The summed E-state index contributed by atoms with van der Waals surface area (Å²) in [5.74, 6) is 0. The molecule has 4 heteroatoms. The monoisotopic (exact) mass is 452 g/mol. The molecule has 158 valence electrons. The number of benzene rings is 3. The van der Waals surface area contributed by atoms with Gasteiger partial charge in [-0.1, -0.05) is 88.7 Å². The van der Waals surface area contributed by atoms with Gasteiger partial charge in [0.15, 0.2) is 0 Å². The summed E-state index contributed by atoms with van der Waals surface area (Å²) in [6.45, 7) is 6.37. The van der Waals surface area contributed by atoms with Crippen LogP contribution in [-0.2, 0) is 0 Å². The van der Waals surface area contributed by atoms with E-state index in [1.54, 1.807) is 23.5 Å². The van der Waals surface area contributed by atoms with Gasteiger partial charge in [-0.05, 0) is 62.7 Å². The third kappa shape index (κ3) is 4.62. The van der Waals surface area contributed by atoms with Gasteiger partial charge in [-0.15, -0.1) is 0 Å². The highest BCUT2D eigenvalue weighted by molar-refractivity contribution is 8.00. The van der Waals surface area contributed by atoms with E-state index >= 15 is 0 Å². The normalized spacial score (nSPS) is 11.2. The molecular formula is C28H24N2S2. The van der Waals surface area contributed by atoms with Crippen LogP contribution in [0.4, 0.5) is 0 Å². The van der Waals surface area contributed by atoms with Gasteiger partial charge in [-0.25, -0.2) is 4.98 Å². The Morgan fingerprint density at radius 1 is 0.656 bits per heavy atom. The molecule has 0 bridgehead atoms. The quantitative estimate of drug-likeness (QED) is 0.290. The number of fused-ring (bicyclic) bond motifs is 1. The van der Waals surface area contributed by atoms with Gasteiger partial charge in [-0.3, -0.25) is 0 Å². The summed E-state index contributed by atoms with van der Waals surface area (Å²) in [5.41, 5.74) is 6.98. The average molecular weight is 453 g/mol. The number of aromatic nitrogens is 2. The molecule has 0 radical (unpaired) electrons. The minimum atomic E-state index is 0.924. The molecule has 2 aromatic heterocycles.